The van der Waals surface area contributed by atoms with Crippen molar-refractivity contribution in [1.82, 2.24) is 10.2 Å². The number of hydrogen-bond acceptors (Lipinski definition) is 3. The minimum absolute atomic E-state index is 0.225. The highest BCUT2D eigenvalue weighted by molar-refractivity contribution is 5.84. The molecule has 0 aromatic heterocycles. The summed E-state index contributed by atoms with van der Waals surface area (Å²) in [6.45, 7) is 11.9. The van der Waals surface area contributed by atoms with E-state index in [1.165, 1.54) is 19.4 Å². The van der Waals surface area contributed by atoms with Gasteiger partial charge in [0.05, 0.1) is 5.54 Å². The fraction of sp³-hybridized carbons (Fsp3) is 0.941. The number of nitrogens with zero attached hydrogens (tertiary/aromatic N) is 1. The van der Waals surface area contributed by atoms with Crippen molar-refractivity contribution in [2.45, 2.75) is 77.8 Å². The summed E-state index contributed by atoms with van der Waals surface area (Å²) in [4.78, 5) is 14.3. The predicted molar refractivity (Wildman–Crippen MR) is 89.2 cm³/mol. The zero-order chi connectivity index (χ0) is 15.9. The Morgan fingerprint density at radius 1 is 1.43 bits per heavy atom. The Bertz CT molecular complexity index is 319. The number of unbranched alkanes of at least 4 members (excludes halogenated alkanes) is 1. The average molecular weight is 297 g/mol. The first-order chi connectivity index (χ1) is 9.90. The molecule has 1 aliphatic rings. The molecule has 124 valence electrons. The van der Waals surface area contributed by atoms with Crippen molar-refractivity contribution in [2.75, 3.05) is 19.6 Å². The lowest BCUT2D eigenvalue weighted by molar-refractivity contribution is -0.124. The number of amides is 1. The number of likely N-dealkylation sites (tertiary alicyclic amines) is 1. The monoisotopic (exact) mass is 297 g/mol. The summed E-state index contributed by atoms with van der Waals surface area (Å²) in [5.74, 6) is 0.520. The van der Waals surface area contributed by atoms with Crippen molar-refractivity contribution in [2.24, 2.45) is 11.7 Å². The van der Waals surface area contributed by atoms with Crippen molar-refractivity contribution in [3.8, 4) is 0 Å². The van der Waals surface area contributed by atoms with Crippen LogP contribution in [0.3, 0.4) is 0 Å². The number of primary amides is 1. The molecule has 1 rings (SSSR count). The first-order valence-corrected chi connectivity index (χ1v) is 8.69. The Kier molecular flexibility index (Phi) is 7.67. The van der Waals surface area contributed by atoms with Gasteiger partial charge >= 0.3 is 0 Å². The van der Waals surface area contributed by atoms with Crippen LogP contribution in [0, 0.1) is 5.92 Å². The maximum atomic E-state index is 11.7. The van der Waals surface area contributed by atoms with Crippen LogP contribution >= 0.6 is 0 Å². The van der Waals surface area contributed by atoms with Gasteiger partial charge < -0.3 is 16.0 Å². The number of carbonyl (C=O) groups excluding carboxylic acids is 1. The summed E-state index contributed by atoms with van der Waals surface area (Å²) in [5, 5.41) is 3.31. The summed E-state index contributed by atoms with van der Waals surface area (Å²) < 4.78 is 0. The SMILES string of the molecule is CCCNC(C)(CCCCN1CCCC1C(C)C)C(N)=O. The van der Waals surface area contributed by atoms with Gasteiger partial charge in [0, 0.05) is 6.04 Å². The summed E-state index contributed by atoms with van der Waals surface area (Å²) in [7, 11) is 0. The van der Waals surface area contributed by atoms with E-state index < -0.39 is 5.54 Å². The van der Waals surface area contributed by atoms with E-state index in [-0.39, 0.29) is 5.91 Å². The van der Waals surface area contributed by atoms with E-state index in [1.807, 2.05) is 6.92 Å². The molecule has 0 spiro atoms. The Balaban J connectivity index is 2.32. The molecular weight excluding hydrogens is 262 g/mol. The summed E-state index contributed by atoms with van der Waals surface area (Å²) >= 11 is 0. The molecule has 1 aliphatic heterocycles. The first kappa shape index (κ1) is 18.4. The van der Waals surface area contributed by atoms with Gasteiger partial charge in [0.15, 0.2) is 0 Å². The predicted octanol–water partition coefficient (Wildman–Crippen LogP) is 2.52. The smallest absolute Gasteiger partial charge is 0.237 e. The van der Waals surface area contributed by atoms with Gasteiger partial charge in [-0.25, -0.2) is 0 Å². The second kappa shape index (κ2) is 8.74. The van der Waals surface area contributed by atoms with Gasteiger partial charge in [0.25, 0.3) is 0 Å². The van der Waals surface area contributed by atoms with E-state index in [9.17, 15) is 4.79 Å². The standard InChI is InChI=1S/C17H35N3O/c1-5-11-19-17(4,16(18)21)10-6-7-12-20-13-8-9-15(20)14(2)3/h14-15,19H,5-13H2,1-4H3,(H2,18,21). The maximum absolute atomic E-state index is 11.7. The third-order valence-electron chi connectivity index (χ3n) is 4.86. The van der Waals surface area contributed by atoms with Gasteiger partial charge in [-0.05, 0) is 71.0 Å². The van der Waals surface area contributed by atoms with Crippen LogP contribution in [0.2, 0.25) is 0 Å². The molecule has 3 N–H and O–H groups in total. The Morgan fingerprint density at radius 3 is 2.71 bits per heavy atom. The zero-order valence-corrected chi connectivity index (χ0v) is 14.5. The molecule has 21 heavy (non-hydrogen) atoms. The van der Waals surface area contributed by atoms with E-state index >= 15 is 0 Å². The van der Waals surface area contributed by atoms with Gasteiger partial charge in [-0.15, -0.1) is 0 Å². The van der Waals surface area contributed by atoms with Gasteiger partial charge in [0.2, 0.25) is 5.91 Å². The summed E-state index contributed by atoms with van der Waals surface area (Å²) in [6, 6.07) is 0.755. The molecule has 0 radical (unpaired) electrons. The van der Waals surface area contributed by atoms with Crippen molar-refractivity contribution in [3.63, 3.8) is 0 Å². The van der Waals surface area contributed by atoms with Crippen LogP contribution in [0.4, 0.5) is 0 Å². The molecule has 0 aliphatic carbocycles. The fourth-order valence-corrected chi connectivity index (χ4v) is 3.38. The van der Waals surface area contributed by atoms with Crippen LogP contribution in [-0.2, 0) is 4.79 Å². The molecular formula is C17H35N3O. The topological polar surface area (TPSA) is 58.4 Å². The van der Waals surface area contributed by atoms with Crippen LogP contribution in [0.5, 0.6) is 0 Å². The van der Waals surface area contributed by atoms with Crippen LogP contribution < -0.4 is 11.1 Å². The van der Waals surface area contributed by atoms with Crippen LogP contribution in [0.15, 0.2) is 0 Å². The van der Waals surface area contributed by atoms with E-state index in [0.29, 0.717) is 0 Å². The third kappa shape index (κ3) is 5.59. The Labute approximate surface area is 130 Å². The van der Waals surface area contributed by atoms with Gasteiger partial charge in [-0.2, -0.15) is 0 Å². The minimum atomic E-state index is -0.543. The Hall–Kier alpha value is -0.610. The second-order valence-electron chi connectivity index (χ2n) is 7.07. The van der Waals surface area contributed by atoms with Crippen LogP contribution in [0.1, 0.15) is 66.2 Å². The van der Waals surface area contributed by atoms with Gasteiger partial charge in [0.1, 0.15) is 0 Å². The van der Waals surface area contributed by atoms with Crippen molar-refractivity contribution < 1.29 is 4.79 Å². The zero-order valence-electron chi connectivity index (χ0n) is 14.5. The molecule has 4 nitrogen and oxygen atoms in total. The van der Waals surface area contributed by atoms with E-state index in [4.69, 9.17) is 5.73 Å². The normalized spacial score (nSPS) is 22.6. The van der Waals surface area contributed by atoms with E-state index in [2.05, 4.69) is 31.0 Å². The number of rotatable bonds is 10. The molecule has 0 bridgehead atoms. The van der Waals surface area contributed by atoms with Gasteiger partial charge in [-0.1, -0.05) is 20.8 Å². The molecule has 1 fully saturated rings. The van der Waals surface area contributed by atoms with Crippen LogP contribution in [-0.4, -0.2) is 42.0 Å². The molecule has 1 amide bonds. The van der Waals surface area contributed by atoms with E-state index in [1.54, 1.807) is 0 Å². The maximum Gasteiger partial charge on any atom is 0.237 e. The highest BCUT2D eigenvalue weighted by Crippen LogP contribution is 2.24. The van der Waals surface area contributed by atoms with Gasteiger partial charge in [-0.3, -0.25) is 4.79 Å². The minimum Gasteiger partial charge on any atom is -0.368 e. The molecule has 0 saturated carbocycles. The number of nitrogens with two attached hydrogens (primary N) is 1. The average Bonchev–Trinajstić information content (AvgIpc) is 2.89. The molecule has 1 heterocycles. The van der Waals surface area contributed by atoms with Crippen LogP contribution in [0.25, 0.3) is 0 Å². The number of carbonyl (C=O) groups is 1. The summed E-state index contributed by atoms with van der Waals surface area (Å²) in [6.07, 6.45) is 6.74. The van der Waals surface area contributed by atoms with Crippen molar-refractivity contribution in [3.05, 3.63) is 0 Å². The molecule has 2 atom stereocenters. The lowest BCUT2D eigenvalue weighted by Crippen LogP contribution is -2.53. The Morgan fingerprint density at radius 2 is 2.14 bits per heavy atom. The quantitative estimate of drug-likeness (QED) is 0.609. The fourth-order valence-electron chi connectivity index (χ4n) is 3.38. The first-order valence-electron chi connectivity index (χ1n) is 8.69. The molecule has 1 saturated heterocycles. The molecule has 0 aromatic rings. The number of hydrogen-bond donors (Lipinski definition) is 2. The highest BCUT2D eigenvalue weighted by Gasteiger charge is 2.30. The van der Waals surface area contributed by atoms with E-state index in [0.717, 1.165) is 50.7 Å². The molecule has 0 aromatic carbocycles. The highest BCUT2D eigenvalue weighted by atomic mass is 16.1. The molecule has 4 heteroatoms. The second-order valence-corrected chi connectivity index (χ2v) is 7.07. The molecule has 2 unspecified atom stereocenters. The number of nitrogens with one attached hydrogen (secondary N) is 1. The van der Waals surface area contributed by atoms with Crippen molar-refractivity contribution >= 4 is 5.91 Å². The van der Waals surface area contributed by atoms with Crippen molar-refractivity contribution in [1.29, 1.82) is 0 Å². The lowest BCUT2D eigenvalue weighted by Gasteiger charge is -2.29. The third-order valence-corrected chi connectivity index (χ3v) is 4.86. The lowest BCUT2D eigenvalue weighted by atomic mass is 9.93. The largest absolute Gasteiger partial charge is 0.368 e. The summed E-state index contributed by atoms with van der Waals surface area (Å²) in [5.41, 5.74) is 5.02.